The zero-order valence-corrected chi connectivity index (χ0v) is 14.3. The van der Waals surface area contributed by atoms with Crippen molar-refractivity contribution in [2.24, 2.45) is 0 Å². The molecule has 5 nitrogen and oxygen atoms in total. The van der Waals surface area contributed by atoms with Gasteiger partial charge in [0.05, 0.1) is 10.5 Å². The SMILES string of the molecule is CC(C)(C)NS(=O)(=O)c1ccccc1C=[N+]([O-])C(C)(C)C. The average Bonchev–Trinajstić information content (AvgIpc) is 2.24. The normalized spacial score (nSPS) is 14.3. The molecule has 1 N–H and O–H groups in total. The van der Waals surface area contributed by atoms with Gasteiger partial charge in [-0.25, -0.2) is 17.9 Å². The molecule has 0 unspecified atom stereocenters. The first kappa shape index (κ1) is 17.7. The number of rotatable bonds is 3. The van der Waals surface area contributed by atoms with Gasteiger partial charge in [0.25, 0.3) is 0 Å². The fourth-order valence-electron chi connectivity index (χ4n) is 1.61. The predicted molar refractivity (Wildman–Crippen MR) is 85.1 cm³/mol. The summed E-state index contributed by atoms with van der Waals surface area (Å²) in [5.74, 6) is 0. The molecule has 0 radical (unpaired) electrons. The second-order valence-electron chi connectivity index (χ2n) is 7.02. The van der Waals surface area contributed by atoms with Gasteiger partial charge in [-0.05, 0) is 32.9 Å². The summed E-state index contributed by atoms with van der Waals surface area (Å²) in [6.07, 6.45) is 1.32. The smallest absolute Gasteiger partial charge is 0.241 e. The molecule has 0 heterocycles. The predicted octanol–water partition coefficient (Wildman–Crippen LogP) is 2.49. The number of sulfonamides is 1. The molecule has 0 bridgehead atoms. The van der Waals surface area contributed by atoms with E-state index in [0.717, 1.165) is 4.74 Å². The van der Waals surface area contributed by atoms with Crippen LogP contribution in [0.2, 0.25) is 0 Å². The van der Waals surface area contributed by atoms with Crippen LogP contribution in [0.3, 0.4) is 0 Å². The fraction of sp³-hybridized carbons (Fsp3) is 0.533. The first-order chi connectivity index (χ1) is 9.33. The third kappa shape index (κ3) is 5.13. The molecule has 1 aromatic carbocycles. The van der Waals surface area contributed by atoms with Crippen molar-refractivity contribution in [3.63, 3.8) is 0 Å². The Bertz CT molecular complexity index is 636. The molecule has 0 aliphatic rings. The molecule has 6 heteroatoms. The fourth-order valence-corrected chi connectivity index (χ4v) is 3.21. The van der Waals surface area contributed by atoms with Crippen molar-refractivity contribution in [3.05, 3.63) is 35.0 Å². The third-order valence-corrected chi connectivity index (χ3v) is 4.40. The van der Waals surface area contributed by atoms with Crippen LogP contribution >= 0.6 is 0 Å². The van der Waals surface area contributed by atoms with Crippen LogP contribution in [0.5, 0.6) is 0 Å². The average molecular weight is 312 g/mol. The van der Waals surface area contributed by atoms with Gasteiger partial charge in [0.1, 0.15) is 0 Å². The molecule has 1 rings (SSSR count). The Hall–Kier alpha value is -1.40. The van der Waals surface area contributed by atoms with Gasteiger partial charge in [0, 0.05) is 26.3 Å². The summed E-state index contributed by atoms with van der Waals surface area (Å²) in [5.41, 5.74) is -0.847. The van der Waals surface area contributed by atoms with E-state index in [1.54, 1.807) is 59.7 Å². The molecule has 0 amide bonds. The Morgan fingerprint density at radius 3 is 2.10 bits per heavy atom. The number of nitrogens with zero attached hydrogens (tertiary/aromatic N) is 1. The Balaban J connectivity index is 3.35. The molecule has 0 aromatic heterocycles. The minimum atomic E-state index is -3.69. The van der Waals surface area contributed by atoms with E-state index >= 15 is 0 Å². The number of nitrogens with one attached hydrogen (secondary N) is 1. The molecular formula is C15H24N2O3S. The van der Waals surface area contributed by atoms with Crippen LogP contribution in [-0.4, -0.2) is 30.4 Å². The van der Waals surface area contributed by atoms with Crippen LogP contribution in [-0.2, 0) is 10.0 Å². The van der Waals surface area contributed by atoms with Gasteiger partial charge >= 0.3 is 0 Å². The molecule has 0 saturated carbocycles. The maximum absolute atomic E-state index is 12.4. The first-order valence-corrected chi connectivity index (χ1v) is 8.26. The van der Waals surface area contributed by atoms with Crippen LogP contribution in [0.15, 0.2) is 29.2 Å². The lowest BCUT2D eigenvalue weighted by Crippen LogP contribution is -2.41. The Morgan fingerprint density at radius 1 is 1.10 bits per heavy atom. The summed E-state index contributed by atoms with van der Waals surface area (Å²) in [6, 6.07) is 6.46. The van der Waals surface area contributed by atoms with Crippen LogP contribution in [0.25, 0.3) is 0 Å². The van der Waals surface area contributed by atoms with Crippen LogP contribution in [0.1, 0.15) is 47.1 Å². The van der Waals surface area contributed by atoms with Gasteiger partial charge in [0.2, 0.25) is 10.0 Å². The monoisotopic (exact) mass is 312 g/mol. The van der Waals surface area contributed by atoms with Gasteiger partial charge in [-0.15, -0.1) is 0 Å². The highest BCUT2D eigenvalue weighted by atomic mass is 32.2. The molecule has 0 aliphatic heterocycles. The molecular weight excluding hydrogens is 288 g/mol. The van der Waals surface area contributed by atoms with Gasteiger partial charge in [-0.3, -0.25) is 0 Å². The number of hydrogen-bond donors (Lipinski definition) is 1. The van der Waals surface area contributed by atoms with E-state index in [9.17, 15) is 13.6 Å². The van der Waals surface area contributed by atoms with E-state index in [4.69, 9.17) is 0 Å². The Labute approximate surface area is 127 Å². The van der Waals surface area contributed by atoms with Crippen molar-refractivity contribution in [2.75, 3.05) is 0 Å². The standard InChI is InChI=1S/C15H24N2O3S/c1-14(2,3)16-21(19,20)13-10-8-7-9-12(13)11-17(18)15(4,5)6/h7-11,16H,1-6H3. The summed E-state index contributed by atoms with van der Waals surface area (Å²) in [6.45, 7) is 10.6. The Morgan fingerprint density at radius 2 is 1.62 bits per heavy atom. The largest absolute Gasteiger partial charge is 0.623 e. The summed E-state index contributed by atoms with van der Waals surface area (Å²) in [7, 11) is -3.69. The van der Waals surface area contributed by atoms with Crippen LogP contribution < -0.4 is 4.72 Å². The first-order valence-electron chi connectivity index (χ1n) is 6.77. The molecule has 118 valence electrons. The van der Waals surface area contributed by atoms with Crippen molar-refractivity contribution >= 4 is 16.2 Å². The van der Waals surface area contributed by atoms with E-state index in [1.165, 1.54) is 12.3 Å². The highest BCUT2D eigenvalue weighted by Crippen LogP contribution is 2.17. The van der Waals surface area contributed by atoms with E-state index in [0.29, 0.717) is 5.56 Å². The van der Waals surface area contributed by atoms with E-state index in [1.807, 2.05) is 0 Å². The molecule has 0 fully saturated rings. The number of hydrogen-bond acceptors (Lipinski definition) is 3. The second-order valence-corrected chi connectivity index (χ2v) is 8.67. The molecule has 21 heavy (non-hydrogen) atoms. The number of benzene rings is 1. The molecule has 0 spiro atoms. The minimum Gasteiger partial charge on any atom is -0.623 e. The van der Waals surface area contributed by atoms with E-state index in [2.05, 4.69) is 4.72 Å². The summed E-state index contributed by atoms with van der Waals surface area (Å²) in [5, 5.41) is 12.0. The zero-order chi connectivity index (χ0) is 16.5. The topological polar surface area (TPSA) is 72.2 Å². The summed E-state index contributed by atoms with van der Waals surface area (Å²) in [4.78, 5) is 0.102. The summed E-state index contributed by atoms with van der Waals surface area (Å²) >= 11 is 0. The maximum atomic E-state index is 12.4. The molecule has 0 aliphatic carbocycles. The van der Waals surface area contributed by atoms with Gasteiger partial charge in [-0.2, -0.15) is 0 Å². The van der Waals surface area contributed by atoms with E-state index < -0.39 is 21.1 Å². The van der Waals surface area contributed by atoms with Gasteiger partial charge in [-0.1, -0.05) is 12.1 Å². The molecule has 0 saturated heterocycles. The van der Waals surface area contributed by atoms with E-state index in [-0.39, 0.29) is 4.90 Å². The quantitative estimate of drug-likeness (QED) is 0.403. The lowest BCUT2D eigenvalue weighted by atomic mass is 10.1. The Kier molecular flexibility index (Phi) is 4.85. The van der Waals surface area contributed by atoms with Gasteiger partial charge < -0.3 is 5.21 Å². The molecule has 1 aromatic rings. The third-order valence-electron chi connectivity index (χ3n) is 2.57. The van der Waals surface area contributed by atoms with Crippen molar-refractivity contribution in [1.29, 1.82) is 0 Å². The minimum absolute atomic E-state index is 0.102. The van der Waals surface area contributed by atoms with Gasteiger partial charge in [0.15, 0.2) is 11.8 Å². The van der Waals surface area contributed by atoms with Crippen molar-refractivity contribution in [2.45, 2.75) is 57.5 Å². The summed E-state index contributed by atoms with van der Waals surface area (Å²) < 4.78 is 28.3. The highest BCUT2D eigenvalue weighted by Gasteiger charge is 2.25. The second kappa shape index (κ2) is 5.77. The molecule has 0 atom stereocenters. The highest BCUT2D eigenvalue weighted by molar-refractivity contribution is 7.89. The lowest BCUT2D eigenvalue weighted by molar-refractivity contribution is -0.530. The van der Waals surface area contributed by atoms with Crippen molar-refractivity contribution < 1.29 is 13.2 Å². The number of hydroxylamine groups is 1. The lowest BCUT2D eigenvalue weighted by Gasteiger charge is -2.22. The zero-order valence-electron chi connectivity index (χ0n) is 13.5. The van der Waals surface area contributed by atoms with Crippen LogP contribution in [0.4, 0.5) is 0 Å². The van der Waals surface area contributed by atoms with Crippen LogP contribution in [0, 0.1) is 5.21 Å². The van der Waals surface area contributed by atoms with Crippen molar-refractivity contribution in [1.82, 2.24) is 4.72 Å². The maximum Gasteiger partial charge on any atom is 0.241 e. The van der Waals surface area contributed by atoms with Crippen molar-refractivity contribution in [3.8, 4) is 0 Å².